The quantitative estimate of drug-likeness (QED) is 0.765. The van der Waals surface area contributed by atoms with E-state index in [0.717, 1.165) is 38.9 Å². The van der Waals surface area contributed by atoms with E-state index in [1.807, 2.05) is 6.08 Å². The summed E-state index contributed by atoms with van der Waals surface area (Å²) < 4.78 is 10.6. The molecule has 2 fully saturated rings. The highest BCUT2D eigenvalue weighted by Crippen LogP contribution is 2.27. The molecule has 0 bridgehead atoms. The number of hydrogen-bond donors (Lipinski definition) is 1. The van der Waals surface area contributed by atoms with E-state index in [1.54, 1.807) is 0 Å². The van der Waals surface area contributed by atoms with Crippen LogP contribution >= 0.6 is 0 Å². The Labute approximate surface area is 102 Å². The molecule has 4 nitrogen and oxygen atoms in total. The highest BCUT2D eigenvalue weighted by Gasteiger charge is 2.24. The molecular weight excluding hydrogens is 220 g/mol. The van der Waals surface area contributed by atoms with E-state index in [1.165, 1.54) is 0 Å². The van der Waals surface area contributed by atoms with Crippen LogP contribution in [-0.2, 0) is 14.3 Å². The molecule has 96 valence electrons. The Morgan fingerprint density at radius 3 is 2.06 bits per heavy atom. The third kappa shape index (κ3) is 3.54. The second-order valence-corrected chi connectivity index (χ2v) is 4.76. The number of rotatable bonds is 3. The molecule has 0 aromatic heterocycles. The number of allylic oxidation sites excluding steroid dienone is 1. The van der Waals surface area contributed by atoms with E-state index in [2.05, 4.69) is 0 Å². The topological polar surface area (TPSA) is 55.8 Å². The zero-order valence-electron chi connectivity index (χ0n) is 10.1. The van der Waals surface area contributed by atoms with Crippen LogP contribution in [0.5, 0.6) is 0 Å². The van der Waals surface area contributed by atoms with Gasteiger partial charge in [0.25, 0.3) is 0 Å². The second-order valence-electron chi connectivity index (χ2n) is 4.76. The predicted molar refractivity (Wildman–Crippen MR) is 62.8 cm³/mol. The number of carbonyl (C=O) groups is 1. The van der Waals surface area contributed by atoms with Gasteiger partial charge < -0.3 is 14.6 Å². The van der Waals surface area contributed by atoms with Gasteiger partial charge in [-0.25, -0.2) is 4.79 Å². The first-order valence-corrected chi connectivity index (χ1v) is 6.38. The predicted octanol–water partition coefficient (Wildman–Crippen LogP) is 1.85. The summed E-state index contributed by atoms with van der Waals surface area (Å²) in [6.07, 6.45) is 5.53. The molecule has 0 saturated carbocycles. The minimum absolute atomic E-state index is 0.170. The van der Waals surface area contributed by atoms with Crippen LogP contribution in [0.2, 0.25) is 0 Å². The lowest BCUT2D eigenvalue weighted by atomic mass is 9.87. The second kappa shape index (κ2) is 6.17. The maximum Gasteiger partial charge on any atom is 0.331 e. The van der Waals surface area contributed by atoms with Crippen molar-refractivity contribution in [3.05, 3.63) is 11.6 Å². The van der Waals surface area contributed by atoms with Crippen molar-refractivity contribution in [1.29, 1.82) is 0 Å². The van der Waals surface area contributed by atoms with Gasteiger partial charge in [0.1, 0.15) is 0 Å². The summed E-state index contributed by atoms with van der Waals surface area (Å²) in [5.41, 5.74) is 0.597. The molecule has 2 saturated heterocycles. The van der Waals surface area contributed by atoms with E-state index in [9.17, 15) is 9.90 Å². The van der Waals surface area contributed by atoms with Crippen molar-refractivity contribution >= 4 is 5.97 Å². The molecule has 0 radical (unpaired) electrons. The van der Waals surface area contributed by atoms with E-state index >= 15 is 0 Å². The lowest BCUT2D eigenvalue weighted by Gasteiger charge is -2.25. The van der Waals surface area contributed by atoms with Crippen LogP contribution in [0.4, 0.5) is 0 Å². The molecule has 0 amide bonds. The van der Waals surface area contributed by atoms with Gasteiger partial charge >= 0.3 is 5.97 Å². The standard InChI is InChI=1S/C13H20O4/c14-13(15)12(11-3-7-17-8-4-11)9-10-1-5-16-6-2-10/h9-11H,1-8H2,(H,14,15). The number of carboxylic acids is 1. The third-order valence-electron chi connectivity index (χ3n) is 3.59. The average Bonchev–Trinajstić information content (AvgIpc) is 2.38. The lowest BCUT2D eigenvalue weighted by molar-refractivity contribution is -0.133. The molecule has 2 heterocycles. The number of ether oxygens (including phenoxy) is 2. The van der Waals surface area contributed by atoms with E-state index < -0.39 is 5.97 Å². The fourth-order valence-corrected chi connectivity index (χ4v) is 2.53. The Kier molecular flexibility index (Phi) is 4.57. The number of hydrogen-bond acceptors (Lipinski definition) is 3. The SMILES string of the molecule is O=C(O)C(=CC1CCOCC1)C1CCOCC1. The van der Waals surface area contributed by atoms with Gasteiger partial charge in [0, 0.05) is 32.0 Å². The smallest absolute Gasteiger partial charge is 0.331 e. The van der Waals surface area contributed by atoms with Crippen molar-refractivity contribution in [2.75, 3.05) is 26.4 Å². The average molecular weight is 240 g/mol. The van der Waals surface area contributed by atoms with Gasteiger partial charge in [0.05, 0.1) is 0 Å². The zero-order valence-corrected chi connectivity index (χ0v) is 10.1. The first-order valence-electron chi connectivity index (χ1n) is 6.38. The maximum absolute atomic E-state index is 11.3. The Morgan fingerprint density at radius 2 is 1.53 bits per heavy atom. The first-order chi connectivity index (χ1) is 8.27. The zero-order chi connectivity index (χ0) is 12.1. The molecule has 1 N–H and O–H groups in total. The van der Waals surface area contributed by atoms with E-state index in [0.29, 0.717) is 24.7 Å². The van der Waals surface area contributed by atoms with Gasteiger partial charge in [0.2, 0.25) is 0 Å². The lowest BCUT2D eigenvalue weighted by Crippen LogP contribution is -2.23. The summed E-state index contributed by atoms with van der Waals surface area (Å²) >= 11 is 0. The van der Waals surface area contributed by atoms with Gasteiger partial charge in [-0.1, -0.05) is 6.08 Å². The molecule has 0 unspecified atom stereocenters. The van der Waals surface area contributed by atoms with Gasteiger partial charge in [-0.3, -0.25) is 0 Å². The summed E-state index contributed by atoms with van der Waals surface area (Å²) in [6, 6.07) is 0. The van der Waals surface area contributed by atoms with Gasteiger partial charge in [0.15, 0.2) is 0 Å². The Balaban J connectivity index is 2.04. The molecule has 2 aliphatic heterocycles. The monoisotopic (exact) mass is 240 g/mol. The number of carboxylic acid groups (broad SMARTS) is 1. The van der Waals surface area contributed by atoms with E-state index in [4.69, 9.17) is 9.47 Å². The van der Waals surface area contributed by atoms with Gasteiger partial charge in [-0.2, -0.15) is 0 Å². The molecule has 17 heavy (non-hydrogen) atoms. The van der Waals surface area contributed by atoms with Crippen LogP contribution < -0.4 is 0 Å². The summed E-state index contributed by atoms with van der Waals surface area (Å²) in [7, 11) is 0. The molecule has 0 aliphatic carbocycles. The van der Waals surface area contributed by atoms with Crippen LogP contribution in [0.1, 0.15) is 25.7 Å². The minimum Gasteiger partial charge on any atom is -0.478 e. The molecule has 4 heteroatoms. The van der Waals surface area contributed by atoms with Crippen LogP contribution in [0.25, 0.3) is 0 Å². The third-order valence-corrected chi connectivity index (χ3v) is 3.59. The van der Waals surface area contributed by atoms with Crippen molar-refractivity contribution in [2.24, 2.45) is 11.8 Å². The highest BCUT2D eigenvalue weighted by molar-refractivity contribution is 5.87. The summed E-state index contributed by atoms with van der Waals surface area (Å²) in [4.78, 5) is 11.3. The molecular formula is C13H20O4. The van der Waals surface area contributed by atoms with Crippen molar-refractivity contribution in [1.82, 2.24) is 0 Å². The van der Waals surface area contributed by atoms with E-state index in [-0.39, 0.29) is 5.92 Å². The molecule has 2 aliphatic rings. The normalized spacial score (nSPS) is 24.8. The first kappa shape index (κ1) is 12.6. The molecule has 0 aromatic carbocycles. The minimum atomic E-state index is -0.761. The van der Waals surface area contributed by atoms with Gasteiger partial charge in [-0.15, -0.1) is 0 Å². The summed E-state index contributed by atoms with van der Waals surface area (Å²) in [5, 5.41) is 9.32. The summed E-state index contributed by atoms with van der Waals surface area (Å²) in [6.45, 7) is 2.87. The van der Waals surface area contributed by atoms with Crippen molar-refractivity contribution in [2.45, 2.75) is 25.7 Å². The van der Waals surface area contributed by atoms with Gasteiger partial charge in [-0.05, 0) is 37.5 Å². The van der Waals surface area contributed by atoms with Crippen molar-refractivity contribution in [3.8, 4) is 0 Å². The molecule has 0 aromatic rings. The molecule has 2 rings (SSSR count). The van der Waals surface area contributed by atoms with Crippen LogP contribution in [-0.4, -0.2) is 37.5 Å². The number of aliphatic carboxylic acids is 1. The fraction of sp³-hybridized carbons (Fsp3) is 0.769. The van der Waals surface area contributed by atoms with Crippen LogP contribution in [0.15, 0.2) is 11.6 Å². The van der Waals surface area contributed by atoms with Crippen LogP contribution in [0.3, 0.4) is 0 Å². The largest absolute Gasteiger partial charge is 0.478 e. The fourth-order valence-electron chi connectivity index (χ4n) is 2.53. The summed E-state index contributed by atoms with van der Waals surface area (Å²) in [5.74, 6) is -0.217. The molecule has 0 atom stereocenters. The van der Waals surface area contributed by atoms with Crippen LogP contribution in [0, 0.1) is 11.8 Å². The molecule has 0 spiro atoms. The van der Waals surface area contributed by atoms with Crippen molar-refractivity contribution in [3.63, 3.8) is 0 Å². The Bertz CT molecular complexity index is 286. The Morgan fingerprint density at radius 1 is 1.00 bits per heavy atom. The van der Waals surface area contributed by atoms with Crippen molar-refractivity contribution < 1.29 is 19.4 Å². The maximum atomic E-state index is 11.3. The highest BCUT2D eigenvalue weighted by atomic mass is 16.5. The Hall–Kier alpha value is -0.870.